The lowest BCUT2D eigenvalue weighted by atomic mass is 9.93. The van der Waals surface area contributed by atoms with Crippen LogP contribution in [0.3, 0.4) is 0 Å². The van der Waals surface area contributed by atoms with Crippen molar-refractivity contribution in [3.63, 3.8) is 0 Å². The second kappa shape index (κ2) is 7.44. The number of likely N-dealkylation sites (tertiary alicyclic amines) is 1. The first-order valence-electron chi connectivity index (χ1n) is 9.94. The monoisotopic (exact) mass is 406 g/mol. The van der Waals surface area contributed by atoms with E-state index >= 15 is 0 Å². The zero-order valence-electron chi connectivity index (χ0n) is 17.9. The van der Waals surface area contributed by atoms with Crippen LogP contribution in [0.15, 0.2) is 36.8 Å². The molecular formula is C22H26N6O2. The highest BCUT2D eigenvalue weighted by Crippen LogP contribution is 2.38. The van der Waals surface area contributed by atoms with Crippen molar-refractivity contribution in [2.24, 2.45) is 13.0 Å². The fraction of sp³-hybridized carbons (Fsp3) is 0.364. The van der Waals surface area contributed by atoms with Gasteiger partial charge >= 0.3 is 0 Å². The van der Waals surface area contributed by atoms with E-state index in [1.54, 1.807) is 29.2 Å². The second-order valence-corrected chi connectivity index (χ2v) is 7.89. The van der Waals surface area contributed by atoms with E-state index < -0.39 is 5.92 Å². The van der Waals surface area contributed by atoms with Gasteiger partial charge in [-0.3, -0.25) is 14.3 Å². The van der Waals surface area contributed by atoms with Gasteiger partial charge in [0, 0.05) is 48.8 Å². The molecule has 8 nitrogen and oxygen atoms in total. The molecule has 0 spiro atoms. The van der Waals surface area contributed by atoms with Crippen LogP contribution in [0.2, 0.25) is 0 Å². The number of amides is 2. The third-order valence-electron chi connectivity index (χ3n) is 6.18. The van der Waals surface area contributed by atoms with Gasteiger partial charge in [-0.15, -0.1) is 0 Å². The number of carbonyl (C=O) groups excluding carboxylic acids is 2. The van der Waals surface area contributed by atoms with Gasteiger partial charge in [0.25, 0.3) is 0 Å². The lowest BCUT2D eigenvalue weighted by molar-refractivity contribution is -0.127. The minimum Gasteiger partial charge on any atom is -0.338 e. The minimum absolute atomic E-state index is 0.0373. The maximum Gasteiger partial charge on any atom is 0.230 e. The summed E-state index contributed by atoms with van der Waals surface area (Å²) in [7, 11) is 3.60. The normalized spacial score (nSPS) is 18.8. The molecule has 3 aromatic rings. The van der Waals surface area contributed by atoms with Crippen molar-refractivity contribution in [3.05, 3.63) is 59.4 Å². The third kappa shape index (κ3) is 3.28. The molecule has 2 amide bonds. The molecule has 0 bridgehead atoms. The topological polar surface area (TPSA) is 85.1 Å². The number of rotatable bonds is 4. The molecule has 0 radical (unpaired) electrons. The summed E-state index contributed by atoms with van der Waals surface area (Å²) in [4.78, 5) is 31.5. The summed E-state index contributed by atoms with van der Waals surface area (Å²) in [5.41, 5.74) is 5.60. The second-order valence-electron chi connectivity index (χ2n) is 7.89. The van der Waals surface area contributed by atoms with Crippen molar-refractivity contribution in [3.8, 4) is 5.69 Å². The summed E-state index contributed by atoms with van der Waals surface area (Å²) in [6.07, 6.45) is 3.73. The van der Waals surface area contributed by atoms with Crippen LogP contribution in [0.5, 0.6) is 0 Å². The molecule has 30 heavy (non-hydrogen) atoms. The van der Waals surface area contributed by atoms with E-state index in [2.05, 4.69) is 15.4 Å². The molecule has 156 valence electrons. The molecule has 1 fully saturated rings. The van der Waals surface area contributed by atoms with E-state index in [1.165, 1.54) is 0 Å². The molecule has 1 aliphatic heterocycles. The van der Waals surface area contributed by atoms with Crippen LogP contribution in [0.25, 0.3) is 5.69 Å². The highest BCUT2D eigenvalue weighted by molar-refractivity contribution is 5.98. The molecule has 1 saturated heterocycles. The van der Waals surface area contributed by atoms with Crippen molar-refractivity contribution in [2.45, 2.75) is 33.2 Å². The van der Waals surface area contributed by atoms with Crippen molar-refractivity contribution < 1.29 is 9.59 Å². The van der Waals surface area contributed by atoms with Gasteiger partial charge in [-0.25, -0.2) is 4.98 Å². The maximum absolute atomic E-state index is 13.1. The van der Waals surface area contributed by atoms with E-state index in [-0.39, 0.29) is 24.3 Å². The van der Waals surface area contributed by atoms with E-state index in [9.17, 15) is 9.59 Å². The first kappa shape index (κ1) is 19.9. The number of hydrogen-bond donors (Lipinski definition) is 1. The average Bonchev–Trinajstić information content (AvgIpc) is 3.33. The lowest BCUT2D eigenvalue weighted by Gasteiger charge is -2.24. The van der Waals surface area contributed by atoms with E-state index in [1.807, 2.05) is 56.7 Å². The Morgan fingerprint density at radius 3 is 2.37 bits per heavy atom. The molecule has 3 heterocycles. The van der Waals surface area contributed by atoms with Crippen molar-refractivity contribution >= 4 is 17.5 Å². The smallest absolute Gasteiger partial charge is 0.230 e. The number of nitrogens with one attached hydrogen (secondary N) is 1. The molecule has 8 heteroatoms. The highest BCUT2D eigenvalue weighted by atomic mass is 16.2. The molecule has 1 aromatic carbocycles. The van der Waals surface area contributed by atoms with Crippen LogP contribution in [0.1, 0.15) is 35.1 Å². The molecule has 4 rings (SSSR count). The Bertz CT molecular complexity index is 1110. The summed E-state index contributed by atoms with van der Waals surface area (Å²) in [6.45, 7) is 5.94. The number of hydrogen-bond acceptors (Lipinski definition) is 4. The number of imidazole rings is 1. The molecule has 0 aliphatic carbocycles. The minimum atomic E-state index is -0.469. The molecule has 0 saturated carbocycles. The zero-order chi connectivity index (χ0) is 21.6. The van der Waals surface area contributed by atoms with Crippen LogP contribution >= 0.6 is 0 Å². The quantitative estimate of drug-likeness (QED) is 0.722. The average molecular weight is 406 g/mol. The Labute approximate surface area is 175 Å². The Morgan fingerprint density at radius 1 is 1.10 bits per heavy atom. The van der Waals surface area contributed by atoms with Gasteiger partial charge < -0.3 is 14.8 Å². The lowest BCUT2D eigenvalue weighted by Crippen LogP contribution is -2.30. The van der Waals surface area contributed by atoms with E-state index in [0.717, 1.165) is 28.3 Å². The molecule has 1 N–H and O–H groups in total. The Balaban J connectivity index is 1.54. The summed E-state index contributed by atoms with van der Waals surface area (Å²) in [5, 5.41) is 7.26. The van der Waals surface area contributed by atoms with Gasteiger partial charge in [0.2, 0.25) is 11.8 Å². The van der Waals surface area contributed by atoms with Gasteiger partial charge in [0.15, 0.2) is 0 Å². The summed E-state index contributed by atoms with van der Waals surface area (Å²) >= 11 is 0. The number of carbonyl (C=O) groups is 2. The van der Waals surface area contributed by atoms with Gasteiger partial charge in [-0.05, 0) is 45.0 Å². The fourth-order valence-corrected chi connectivity index (χ4v) is 4.04. The molecule has 2 atom stereocenters. The van der Waals surface area contributed by atoms with E-state index in [4.69, 9.17) is 0 Å². The first-order valence-corrected chi connectivity index (χ1v) is 9.94. The Hall–Kier alpha value is -3.42. The zero-order valence-corrected chi connectivity index (χ0v) is 17.9. The van der Waals surface area contributed by atoms with Gasteiger partial charge in [-0.2, -0.15) is 5.10 Å². The number of anilines is 1. The summed E-state index contributed by atoms with van der Waals surface area (Å²) < 4.78 is 3.77. The maximum atomic E-state index is 13.1. The molecule has 2 aromatic heterocycles. The predicted molar refractivity (Wildman–Crippen MR) is 113 cm³/mol. The van der Waals surface area contributed by atoms with Crippen LogP contribution in [0, 0.1) is 26.7 Å². The summed E-state index contributed by atoms with van der Waals surface area (Å²) in [6, 6.07) is 7.30. The Morgan fingerprint density at radius 2 is 1.80 bits per heavy atom. The SMILES string of the molecule is Cc1ncn(-c2ccc(NC(=O)C3CC(=O)N(C)C3c3cnn(C)c3C)cc2)c1C. The predicted octanol–water partition coefficient (Wildman–Crippen LogP) is 2.69. The van der Waals surface area contributed by atoms with Crippen molar-refractivity contribution in [1.82, 2.24) is 24.2 Å². The van der Waals surface area contributed by atoms with Gasteiger partial charge in [-0.1, -0.05) is 0 Å². The third-order valence-corrected chi connectivity index (χ3v) is 6.18. The number of aromatic nitrogens is 4. The number of benzene rings is 1. The number of nitrogens with zero attached hydrogens (tertiary/aromatic N) is 5. The molecule has 2 unspecified atom stereocenters. The molecular weight excluding hydrogens is 380 g/mol. The van der Waals surface area contributed by atoms with Crippen LogP contribution < -0.4 is 5.32 Å². The van der Waals surface area contributed by atoms with Crippen molar-refractivity contribution in [1.29, 1.82) is 0 Å². The van der Waals surface area contributed by atoms with Crippen LogP contribution in [0.4, 0.5) is 5.69 Å². The first-order chi connectivity index (χ1) is 14.3. The van der Waals surface area contributed by atoms with Gasteiger partial charge in [0.1, 0.15) is 0 Å². The standard InChI is InChI=1S/C22H26N6O2/c1-13-14(2)28(12-23-13)17-8-6-16(7-9-17)25-22(30)18-10-20(29)26(4)21(18)19-11-24-27(5)15(19)3/h6-9,11-12,18,21H,10H2,1-5H3,(H,25,30). The van der Waals surface area contributed by atoms with E-state index in [0.29, 0.717) is 5.69 Å². The largest absolute Gasteiger partial charge is 0.338 e. The summed E-state index contributed by atoms with van der Waals surface area (Å²) in [5.74, 6) is -0.670. The van der Waals surface area contributed by atoms with Crippen LogP contribution in [-0.4, -0.2) is 43.1 Å². The fourth-order valence-electron chi connectivity index (χ4n) is 4.04. The Kier molecular flexibility index (Phi) is 4.93. The highest BCUT2D eigenvalue weighted by Gasteiger charge is 2.44. The van der Waals surface area contributed by atoms with Gasteiger partial charge in [0.05, 0.1) is 30.2 Å². The van der Waals surface area contributed by atoms with Crippen LogP contribution in [-0.2, 0) is 16.6 Å². The molecule has 1 aliphatic rings. The number of aryl methyl sites for hydroxylation is 2. The van der Waals surface area contributed by atoms with Crippen molar-refractivity contribution in [2.75, 3.05) is 12.4 Å².